The van der Waals surface area contributed by atoms with Gasteiger partial charge >= 0.3 is 0 Å². The molecule has 2 atom stereocenters. The highest BCUT2D eigenvalue weighted by molar-refractivity contribution is 5.96. The Morgan fingerprint density at radius 2 is 1.77 bits per heavy atom. The number of carbonyl (C=O) groups excluding carboxylic acids is 2. The number of piperidine rings is 1. The van der Waals surface area contributed by atoms with Crippen LogP contribution in [0.15, 0.2) is 18.2 Å². The van der Waals surface area contributed by atoms with Crippen LogP contribution in [-0.4, -0.2) is 23.9 Å². The van der Waals surface area contributed by atoms with Gasteiger partial charge in [0.1, 0.15) is 0 Å². The molecular weight excluding hydrogens is 350 g/mol. The number of carbonyl (C=O) groups is 2. The third kappa shape index (κ3) is 4.57. The molecule has 142 valence electrons. The minimum Gasteiger partial charge on any atom is -0.326 e. The first-order valence-electron chi connectivity index (χ1n) is 9.54. The molecule has 0 radical (unpaired) electrons. The van der Waals surface area contributed by atoms with Gasteiger partial charge in [-0.1, -0.05) is 6.07 Å². The number of nitrogens with one attached hydrogen (secondary N) is 3. The van der Waals surface area contributed by atoms with Crippen molar-refractivity contribution in [2.24, 2.45) is 11.8 Å². The van der Waals surface area contributed by atoms with E-state index >= 15 is 0 Å². The van der Waals surface area contributed by atoms with Gasteiger partial charge in [-0.15, -0.1) is 12.4 Å². The zero-order chi connectivity index (χ0) is 17.4. The van der Waals surface area contributed by atoms with Crippen LogP contribution in [0.2, 0.25) is 0 Å². The van der Waals surface area contributed by atoms with E-state index in [1.807, 2.05) is 25.1 Å². The molecule has 2 heterocycles. The third-order valence-electron chi connectivity index (χ3n) is 5.77. The average molecular weight is 378 g/mol. The summed E-state index contributed by atoms with van der Waals surface area (Å²) in [5.41, 5.74) is 2.58. The highest BCUT2D eigenvalue weighted by Crippen LogP contribution is 2.33. The Morgan fingerprint density at radius 1 is 1.08 bits per heavy atom. The van der Waals surface area contributed by atoms with Gasteiger partial charge in [-0.25, -0.2) is 0 Å². The van der Waals surface area contributed by atoms with E-state index in [9.17, 15) is 9.59 Å². The lowest BCUT2D eigenvalue weighted by atomic mass is 9.89. The molecule has 1 aliphatic carbocycles. The van der Waals surface area contributed by atoms with Gasteiger partial charge in [0.05, 0.1) is 0 Å². The zero-order valence-corrected chi connectivity index (χ0v) is 16.0. The first-order valence-corrected chi connectivity index (χ1v) is 9.54. The van der Waals surface area contributed by atoms with Crippen LogP contribution < -0.4 is 16.0 Å². The lowest BCUT2D eigenvalue weighted by molar-refractivity contribution is -0.118. The van der Waals surface area contributed by atoms with Crippen LogP contribution >= 0.6 is 12.4 Å². The van der Waals surface area contributed by atoms with Crippen LogP contribution in [0.4, 0.5) is 11.4 Å². The molecular formula is C20H28ClN3O2. The van der Waals surface area contributed by atoms with E-state index < -0.39 is 0 Å². The van der Waals surface area contributed by atoms with Crippen molar-refractivity contribution < 1.29 is 9.59 Å². The summed E-state index contributed by atoms with van der Waals surface area (Å²) in [5.74, 6) is 0.831. The molecule has 2 aliphatic heterocycles. The zero-order valence-electron chi connectivity index (χ0n) is 15.2. The molecule has 4 rings (SSSR count). The van der Waals surface area contributed by atoms with Gasteiger partial charge in [0.15, 0.2) is 0 Å². The number of benzene rings is 1. The summed E-state index contributed by atoms with van der Waals surface area (Å²) in [6.07, 6.45) is 7.29. The van der Waals surface area contributed by atoms with Crippen molar-refractivity contribution >= 4 is 35.6 Å². The second kappa shape index (κ2) is 7.97. The summed E-state index contributed by atoms with van der Waals surface area (Å²) in [4.78, 5) is 24.4. The van der Waals surface area contributed by atoms with Crippen LogP contribution in [0.25, 0.3) is 0 Å². The maximum Gasteiger partial charge on any atom is 0.227 e. The molecule has 3 aliphatic rings. The predicted octanol–water partition coefficient (Wildman–Crippen LogP) is 3.62. The van der Waals surface area contributed by atoms with Crippen molar-refractivity contribution in [1.82, 2.24) is 5.32 Å². The molecule has 2 unspecified atom stereocenters. The molecule has 5 nitrogen and oxygen atoms in total. The topological polar surface area (TPSA) is 70.2 Å². The summed E-state index contributed by atoms with van der Waals surface area (Å²) in [5, 5.41) is 9.62. The first kappa shape index (κ1) is 19.2. The first-order chi connectivity index (χ1) is 12.1. The smallest absolute Gasteiger partial charge is 0.227 e. The van der Waals surface area contributed by atoms with E-state index in [1.54, 1.807) is 0 Å². The number of halogens is 1. The molecule has 3 fully saturated rings. The number of aryl methyl sites for hydroxylation is 1. The molecule has 1 saturated carbocycles. The molecule has 1 aromatic rings. The SMILES string of the molecule is Cc1ccc(NC(=O)C2CC2)cc1NC(=O)CC1CC2CCC(C1)N2.Cl. The lowest BCUT2D eigenvalue weighted by Gasteiger charge is -2.28. The van der Waals surface area contributed by atoms with Crippen LogP contribution in [0.3, 0.4) is 0 Å². The highest BCUT2D eigenvalue weighted by Gasteiger charge is 2.34. The standard InChI is InChI=1S/C20H27N3O2.ClH/c1-12-2-5-17(22-20(25)14-3-4-14)11-18(12)23-19(24)10-13-8-15-6-7-16(9-13)21-15;/h2,5,11,13-16,21H,3-4,6-10H2,1H3,(H,22,25)(H,23,24);1H. The average Bonchev–Trinajstić information content (AvgIpc) is 3.36. The van der Waals surface area contributed by atoms with Crippen molar-refractivity contribution in [3.05, 3.63) is 23.8 Å². The Hall–Kier alpha value is -1.59. The van der Waals surface area contributed by atoms with E-state index in [0.29, 0.717) is 24.4 Å². The minimum atomic E-state index is 0. The van der Waals surface area contributed by atoms with Gasteiger partial charge in [0.2, 0.25) is 11.8 Å². The van der Waals surface area contributed by atoms with Crippen LogP contribution in [0.5, 0.6) is 0 Å². The van der Waals surface area contributed by atoms with E-state index in [4.69, 9.17) is 0 Å². The molecule has 6 heteroatoms. The second-order valence-corrected chi connectivity index (χ2v) is 8.02. The maximum atomic E-state index is 12.5. The Balaban J connectivity index is 0.00000196. The van der Waals surface area contributed by atoms with Gasteiger partial charge in [-0.2, -0.15) is 0 Å². The fraction of sp³-hybridized carbons (Fsp3) is 0.600. The third-order valence-corrected chi connectivity index (χ3v) is 5.77. The van der Waals surface area contributed by atoms with Crippen molar-refractivity contribution in [3.63, 3.8) is 0 Å². The predicted molar refractivity (Wildman–Crippen MR) is 106 cm³/mol. The van der Waals surface area contributed by atoms with Gasteiger partial charge < -0.3 is 16.0 Å². The molecule has 3 N–H and O–H groups in total. The Kier molecular flexibility index (Phi) is 5.88. The molecule has 0 spiro atoms. The monoisotopic (exact) mass is 377 g/mol. The van der Waals surface area contributed by atoms with Crippen molar-refractivity contribution in [2.75, 3.05) is 10.6 Å². The normalized spacial score (nSPS) is 26.7. The Bertz CT molecular complexity index is 678. The summed E-state index contributed by atoms with van der Waals surface area (Å²) >= 11 is 0. The molecule has 1 aromatic carbocycles. The minimum absolute atomic E-state index is 0. The van der Waals surface area contributed by atoms with E-state index in [-0.39, 0.29) is 30.1 Å². The number of hydrogen-bond donors (Lipinski definition) is 3. The van der Waals surface area contributed by atoms with E-state index in [2.05, 4.69) is 16.0 Å². The second-order valence-electron chi connectivity index (χ2n) is 8.02. The largest absolute Gasteiger partial charge is 0.326 e. The number of anilines is 2. The Labute approximate surface area is 161 Å². The van der Waals surface area contributed by atoms with E-state index in [1.165, 1.54) is 12.8 Å². The number of hydrogen-bond acceptors (Lipinski definition) is 3. The van der Waals surface area contributed by atoms with Crippen molar-refractivity contribution in [2.45, 2.75) is 64.0 Å². The Morgan fingerprint density at radius 3 is 2.42 bits per heavy atom. The lowest BCUT2D eigenvalue weighted by Crippen LogP contribution is -2.39. The van der Waals surface area contributed by atoms with E-state index in [0.717, 1.165) is 42.6 Å². The van der Waals surface area contributed by atoms with Crippen LogP contribution in [0, 0.1) is 18.8 Å². The molecule has 26 heavy (non-hydrogen) atoms. The van der Waals surface area contributed by atoms with Gasteiger partial charge in [-0.05, 0) is 69.1 Å². The van der Waals surface area contributed by atoms with Gasteiger partial charge in [0.25, 0.3) is 0 Å². The fourth-order valence-corrected chi connectivity index (χ4v) is 4.23. The molecule has 2 amide bonds. The van der Waals surface area contributed by atoms with Gasteiger partial charge in [0, 0.05) is 35.8 Å². The number of amides is 2. The quantitative estimate of drug-likeness (QED) is 0.733. The summed E-state index contributed by atoms with van der Waals surface area (Å²) in [7, 11) is 0. The van der Waals surface area contributed by atoms with Crippen LogP contribution in [0.1, 0.15) is 50.5 Å². The van der Waals surface area contributed by atoms with Crippen molar-refractivity contribution in [3.8, 4) is 0 Å². The number of fused-ring (bicyclic) bond motifs is 2. The number of rotatable bonds is 5. The maximum absolute atomic E-state index is 12.5. The molecule has 0 aromatic heterocycles. The van der Waals surface area contributed by atoms with Gasteiger partial charge in [-0.3, -0.25) is 9.59 Å². The fourth-order valence-electron chi connectivity index (χ4n) is 4.23. The van der Waals surface area contributed by atoms with Crippen molar-refractivity contribution in [1.29, 1.82) is 0 Å². The summed E-state index contributed by atoms with van der Waals surface area (Å²) in [6.45, 7) is 1.98. The summed E-state index contributed by atoms with van der Waals surface area (Å²) in [6, 6.07) is 6.94. The highest BCUT2D eigenvalue weighted by atomic mass is 35.5. The van der Waals surface area contributed by atoms with Crippen LogP contribution in [-0.2, 0) is 9.59 Å². The molecule has 2 bridgehead atoms. The molecule has 2 saturated heterocycles. The summed E-state index contributed by atoms with van der Waals surface area (Å²) < 4.78 is 0.